The van der Waals surface area contributed by atoms with Crippen LogP contribution in [0.1, 0.15) is 38.8 Å². The van der Waals surface area contributed by atoms with Crippen molar-refractivity contribution in [2.45, 2.75) is 39.8 Å². The molecule has 0 aliphatic carbocycles. The summed E-state index contributed by atoms with van der Waals surface area (Å²) in [5.41, 5.74) is 0.809. The number of ether oxygens (including phenoxy) is 2. The lowest BCUT2D eigenvalue weighted by Crippen LogP contribution is -2.32. The van der Waals surface area contributed by atoms with Gasteiger partial charge in [0.15, 0.2) is 0 Å². The van der Waals surface area contributed by atoms with Crippen molar-refractivity contribution in [1.29, 1.82) is 0 Å². The Bertz CT molecular complexity index is 424. The molecule has 0 aliphatic rings. The van der Waals surface area contributed by atoms with Gasteiger partial charge in [-0.15, -0.1) is 0 Å². The molecule has 0 heterocycles. The van der Waals surface area contributed by atoms with Crippen LogP contribution in [0.15, 0.2) is 24.3 Å². The molecule has 1 aromatic rings. The van der Waals surface area contributed by atoms with Gasteiger partial charge in [-0.25, -0.2) is 0 Å². The van der Waals surface area contributed by atoms with Crippen LogP contribution in [0.25, 0.3) is 0 Å². The minimum absolute atomic E-state index is 0.0678. The second-order valence-corrected chi connectivity index (χ2v) is 5.93. The van der Waals surface area contributed by atoms with E-state index in [1.54, 1.807) is 25.3 Å². The first-order chi connectivity index (χ1) is 9.85. The minimum atomic E-state index is -2.81. The third-order valence-corrected chi connectivity index (χ3v) is 3.47. The molecule has 3 nitrogen and oxygen atoms in total. The van der Waals surface area contributed by atoms with E-state index in [9.17, 15) is 8.78 Å². The van der Waals surface area contributed by atoms with E-state index < -0.39 is 6.61 Å². The third kappa shape index (κ3) is 6.40. The highest BCUT2D eigenvalue weighted by molar-refractivity contribution is 5.35. The fourth-order valence-electron chi connectivity index (χ4n) is 2.05. The Morgan fingerprint density at radius 2 is 1.90 bits per heavy atom. The first-order valence-electron chi connectivity index (χ1n) is 7.12. The van der Waals surface area contributed by atoms with E-state index in [4.69, 9.17) is 4.74 Å². The second-order valence-electron chi connectivity index (χ2n) is 5.93. The lowest BCUT2D eigenvalue weighted by atomic mass is 9.89. The van der Waals surface area contributed by atoms with Gasteiger partial charge in [-0.3, -0.25) is 0 Å². The van der Waals surface area contributed by atoms with Crippen molar-refractivity contribution in [3.63, 3.8) is 0 Å². The molecule has 1 aromatic carbocycles. The average Bonchev–Trinajstić information content (AvgIpc) is 2.43. The van der Waals surface area contributed by atoms with Gasteiger partial charge >= 0.3 is 6.61 Å². The average molecular weight is 301 g/mol. The van der Waals surface area contributed by atoms with Crippen LogP contribution in [0.3, 0.4) is 0 Å². The van der Waals surface area contributed by atoms with Crippen molar-refractivity contribution in [2.75, 3.05) is 20.3 Å². The molecule has 21 heavy (non-hydrogen) atoms. The fourth-order valence-corrected chi connectivity index (χ4v) is 2.05. The molecule has 0 radical (unpaired) electrons. The van der Waals surface area contributed by atoms with Crippen LogP contribution in [0.2, 0.25) is 0 Å². The Hall–Kier alpha value is -1.20. The van der Waals surface area contributed by atoms with E-state index >= 15 is 0 Å². The van der Waals surface area contributed by atoms with Crippen molar-refractivity contribution >= 4 is 0 Å². The molecule has 1 unspecified atom stereocenters. The molecule has 1 rings (SSSR count). The van der Waals surface area contributed by atoms with Crippen LogP contribution in [-0.2, 0) is 4.74 Å². The van der Waals surface area contributed by atoms with Crippen molar-refractivity contribution in [3.8, 4) is 5.75 Å². The summed E-state index contributed by atoms with van der Waals surface area (Å²) in [6.07, 6.45) is 0.929. The molecule has 1 N–H and O–H groups in total. The lowest BCUT2D eigenvalue weighted by Gasteiger charge is -2.27. The van der Waals surface area contributed by atoms with Gasteiger partial charge < -0.3 is 14.8 Å². The summed E-state index contributed by atoms with van der Waals surface area (Å²) >= 11 is 0. The number of halogens is 2. The predicted octanol–water partition coefficient (Wildman–Crippen LogP) is 4.00. The number of alkyl halides is 2. The summed E-state index contributed by atoms with van der Waals surface area (Å²) in [6.45, 7) is 4.89. The number of rotatable bonds is 9. The number of benzene rings is 1. The highest BCUT2D eigenvalue weighted by atomic mass is 19.3. The van der Waals surface area contributed by atoms with Gasteiger partial charge in [-0.2, -0.15) is 8.78 Å². The van der Waals surface area contributed by atoms with Gasteiger partial charge in [-0.05, 0) is 24.8 Å². The van der Waals surface area contributed by atoms with Crippen LogP contribution < -0.4 is 10.1 Å². The maximum atomic E-state index is 12.4. The Morgan fingerprint density at radius 1 is 1.24 bits per heavy atom. The zero-order valence-corrected chi connectivity index (χ0v) is 13.2. The lowest BCUT2D eigenvalue weighted by molar-refractivity contribution is -0.0507. The van der Waals surface area contributed by atoms with Crippen molar-refractivity contribution in [3.05, 3.63) is 29.8 Å². The molecular formula is C16H25F2NO2. The molecular weight excluding hydrogens is 276 g/mol. The molecule has 5 heteroatoms. The van der Waals surface area contributed by atoms with E-state index in [1.807, 2.05) is 13.0 Å². The van der Waals surface area contributed by atoms with Crippen LogP contribution in [0.5, 0.6) is 5.75 Å². The minimum Gasteiger partial charge on any atom is -0.434 e. The third-order valence-electron chi connectivity index (χ3n) is 3.47. The number of methoxy groups -OCH3 is 1. The van der Waals surface area contributed by atoms with Gasteiger partial charge in [0.25, 0.3) is 0 Å². The Kier molecular flexibility index (Phi) is 7.05. The standard InChI is InChI=1S/C16H25F2NO2/c1-12(19-11-16(2,3)9-10-20-4)13-7-5-6-8-14(13)21-15(17)18/h5-8,12,15,19H,9-11H2,1-4H3. The SMILES string of the molecule is COCCC(C)(C)CNC(C)c1ccccc1OC(F)F. The number of para-hydroxylation sites is 1. The van der Waals surface area contributed by atoms with E-state index in [2.05, 4.69) is 23.9 Å². The van der Waals surface area contributed by atoms with E-state index in [1.165, 1.54) is 0 Å². The normalized spacial score (nSPS) is 13.5. The molecule has 0 saturated heterocycles. The molecule has 0 spiro atoms. The monoisotopic (exact) mass is 301 g/mol. The van der Waals surface area contributed by atoms with E-state index in [0.717, 1.165) is 18.5 Å². The van der Waals surface area contributed by atoms with Gasteiger partial charge in [-0.1, -0.05) is 32.0 Å². The number of hydrogen-bond donors (Lipinski definition) is 1. The predicted molar refractivity (Wildman–Crippen MR) is 79.8 cm³/mol. The van der Waals surface area contributed by atoms with Crippen molar-refractivity contribution in [2.24, 2.45) is 5.41 Å². The highest BCUT2D eigenvalue weighted by Gasteiger charge is 2.20. The van der Waals surface area contributed by atoms with Gasteiger partial charge in [0.2, 0.25) is 0 Å². The fraction of sp³-hybridized carbons (Fsp3) is 0.625. The molecule has 0 fully saturated rings. The van der Waals surface area contributed by atoms with Crippen LogP contribution >= 0.6 is 0 Å². The Balaban J connectivity index is 2.65. The number of nitrogens with one attached hydrogen (secondary N) is 1. The molecule has 0 saturated carbocycles. The summed E-state index contributed by atoms with van der Waals surface area (Å²) < 4.78 is 34.5. The van der Waals surface area contributed by atoms with Gasteiger partial charge in [0, 0.05) is 31.9 Å². The van der Waals surface area contributed by atoms with Crippen LogP contribution in [-0.4, -0.2) is 26.9 Å². The summed E-state index contributed by atoms with van der Waals surface area (Å²) in [7, 11) is 1.68. The van der Waals surface area contributed by atoms with Crippen LogP contribution in [0.4, 0.5) is 8.78 Å². The molecule has 1 atom stereocenters. The van der Waals surface area contributed by atoms with Crippen LogP contribution in [0, 0.1) is 5.41 Å². The maximum Gasteiger partial charge on any atom is 0.387 e. The molecule has 0 bridgehead atoms. The first kappa shape index (κ1) is 17.9. The van der Waals surface area contributed by atoms with Gasteiger partial charge in [0.1, 0.15) is 5.75 Å². The molecule has 0 amide bonds. The highest BCUT2D eigenvalue weighted by Crippen LogP contribution is 2.27. The van der Waals surface area contributed by atoms with E-state index in [-0.39, 0.29) is 17.2 Å². The summed E-state index contributed by atoms with van der Waals surface area (Å²) in [5.74, 6) is 0.224. The van der Waals surface area contributed by atoms with Crippen molar-refractivity contribution in [1.82, 2.24) is 5.32 Å². The topological polar surface area (TPSA) is 30.5 Å². The largest absolute Gasteiger partial charge is 0.434 e. The Morgan fingerprint density at radius 3 is 2.52 bits per heavy atom. The quantitative estimate of drug-likeness (QED) is 0.748. The first-order valence-corrected chi connectivity index (χ1v) is 7.12. The smallest absolute Gasteiger partial charge is 0.387 e. The zero-order valence-electron chi connectivity index (χ0n) is 13.2. The van der Waals surface area contributed by atoms with Crippen molar-refractivity contribution < 1.29 is 18.3 Å². The molecule has 0 aromatic heterocycles. The number of hydrogen-bond acceptors (Lipinski definition) is 3. The maximum absolute atomic E-state index is 12.4. The summed E-state index contributed by atoms with van der Waals surface area (Å²) in [5, 5.41) is 3.38. The summed E-state index contributed by atoms with van der Waals surface area (Å²) in [6, 6.07) is 6.81. The van der Waals surface area contributed by atoms with E-state index in [0.29, 0.717) is 6.61 Å². The van der Waals surface area contributed by atoms with Gasteiger partial charge in [0.05, 0.1) is 0 Å². The summed E-state index contributed by atoms with van der Waals surface area (Å²) in [4.78, 5) is 0. The molecule has 0 aliphatic heterocycles. The Labute approximate surface area is 125 Å². The second kappa shape index (κ2) is 8.29. The zero-order chi connectivity index (χ0) is 15.9. The molecule has 120 valence electrons.